The Morgan fingerprint density at radius 3 is 2.53 bits per heavy atom. The molecule has 0 N–H and O–H groups in total. The third-order valence-electron chi connectivity index (χ3n) is 3.22. The molecule has 3 heteroatoms. The van der Waals surface area contributed by atoms with Crippen molar-refractivity contribution in [2.75, 3.05) is 6.61 Å². The Hall–Kier alpha value is -1.64. The van der Waals surface area contributed by atoms with Gasteiger partial charge < -0.3 is 4.74 Å². The molecule has 0 aliphatic heterocycles. The SMILES string of the molecule is CC1(C)C[C@@H](COC(=O)c2ccccc2)C1=O. The Morgan fingerprint density at radius 1 is 1.35 bits per heavy atom. The van der Waals surface area contributed by atoms with E-state index in [9.17, 15) is 9.59 Å². The molecule has 0 bridgehead atoms. The van der Waals surface area contributed by atoms with Gasteiger partial charge in [0.1, 0.15) is 12.4 Å². The summed E-state index contributed by atoms with van der Waals surface area (Å²) in [5.74, 6) is -0.279. The first-order valence-electron chi connectivity index (χ1n) is 5.77. The van der Waals surface area contributed by atoms with E-state index >= 15 is 0 Å². The number of esters is 1. The van der Waals surface area contributed by atoms with Gasteiger partial charge in [-0.05, 0) is 18.6 Å². The zero-order valence-corrected chi connectivity index (χ0v) is 10.1. The molecule has 0 unspecified atom stereocenters. The Morgan fingerprint density at radius 2 is 2.00 bits per heavy atom. The zero-order valence-electron chi connectivity index (χ0n) is 10.1. The van der Waals surface area contributed by atoms with E-state index in [4.69, 9.17) is 4.74 Å². The van der Waals surface area contributed by atoms with Crippen LogP contribution >= 0.6 is 0 Å². The molecule has 0 aromatic heterocycles. The summed E-state index contributed by atoms with van der Waals surface area (Å²) in [7, 11) is 0. The summed E-state index contributed by atoms with van der Waals surface area (Å²) in [4.78, 5) is 23.3. The lowest BCUT2D eigenvalue weighted by atomic mass is 9.63. The van der Waals surface area contributed by atoms with Crippen molar-refractivity contribution in [3.8, 4) is 0 Å². The molecule has 17 heavy (non-hydrogen) atoms. The van der Waals surface area contributed by atoms with E-state index < -0.39 is 0 Å². The van der Waals surface area contributed by atoms with Gasteiger partial charge in [-0.1, -0.05) is 32.0 Å². The van der Waals surface area contributed by atoms with Crippen LogP contribution in [0.4, 0.5) is 0 Å². The van der Waals surface area contributed by atoms with E-state index in [0.717, 1.165) is 6.42 Å². The highest BCUT2D eigenvalue weighted by atomic mass is 16.5. The predicted molar refractivity (Wildman–Crippen MR) is 63.6 cm³/mol. The summed E-state index contributed by atoms with van der Waals surface area (Å²) in [6.07, 6.45) is 0.800. The summed E-state index contributed by atoms with van der Waals surface area (Å²) in [6.45, 7) is 4.05. The van der Waals surface area contributed by atoms with Gasteiger partial charge in [0, 0.05) is 5.41 Å². The molecule has 1 atom stereocenters. The van der Waals surface area contributed by atoms with Crippen LogP contribution in [0.3, 0.4) is 0 Å². The molecule has 0 amide bonds. The highest BCUT2D eigenvalue weighted by molar-refractivity contribution is 5.93. The number of carbonyl (C=O) groups excluding carboxylic acids is 2. The average molecular weight is 232 g/mol. The largest absolute Gasteiger partial charge is 0.461 e. The Balaban J connectivity index is 1.85. The van der Waals surface area contributed by atoms with E-state index in [-0.39, 0.29) is 29.7 Å². The lowest BCUT2D eigenvalue weighted by molar-refractivity contribution is -0.145. The van der Waals surface area contributed by atoms with Crippen molar-refractivity contribution in [3.63, 3.8) is 0 Å². The van der Waals surface area contributed by atoms with Crippen LogP contribution in [-0.2, 0) is 9.53 Å². The van der Waals surface area contributed by atoms with Crippen LogP contribution < -0.4 is 0 Å². The third-order valence-corrected chi connectivity index (χ3v) is 3.22. The maximum Gasteiger partial charge on any atom is 0.338 e. The number of rotatable bonds is 3. The first-order valence-corrected chi connectivity index (χ1v) is 5.77. The van der Waals surface area contributed by atoms with Gasteiger partial charge in [0.25, 0.3) is 0 Å². The van der Waals surface area contributed by atoms with Gasteiger partial charge in [0.05, 0.1) is 11.5 Å². The first kappa shape index (κ1) is 11.8. The quantitative estimate of drug-likeness (QED) is 0.752. The van der Waals surface area contributed by atoms with E-state index in [1.165, 1.54) is 0 Å². The third kappa shape index (κ3) is 2.38. The normalized spacial score (nSPS) is 21.8. The number of ketones is 1. The second kappa shape index (κ2) is 4.32. The molecule has 1 saturated carbocycles. The van der Waals surface area contributed by atoms with Crippen molar-refractivity contribution >= 4 is 11.8 Å². The molecule has 1 aromatic carbocycles. The number of Topliss-reactive ketones (excluding diaryl/α,β-unsaturated/α-hetero) is 1. The molecule has 0 radical (unpaired) electrons. The van der Waals surface area contributed by atoms with Crippen molar-refractivity contribution in [2.45, 2.75) is 20.3 Å². The monoisotopic (exact) mass is 232 g/mol. The molecule has 90 valence electrons. The zero-order chi connectivity index (χ0) is 12.5. The summed E-state index contributed by atoms with van der Waals surface area (Å²) in [6, 6.07) is 8.82. The molecule has 0 saturated heterocycles. The molecule has 2 rings (SSSR count). The Labute approximate surface area is 101 Å². The molecule has 1 aromatic rings. The molecule has 1 aliphatic carbocycles. The Kier molecular flexibility index (Phi) is 3.01. The average Bonchev–Trinajstić information content (AvgIpc) is 2.34. The van der Waals surface area contributed by atoms with Crippen molar-refractivity contribution in [2.24, 2.45) is 11.3 Å². The fourth-order valence-corrected chi connectivity index (χ4v) is 2.20. The second-order valence-corrected chi connectivity index (χ2v) is 5.11. The van der Waals surface area contributed by atoms with E-state index in [1.54, 1.807) is 24.3 Å². The number of carbonyl (C=O) groups is 2. The van der Waals surface area contributed by atoms with Crippen LogP contribution in [0.1, 0.15) is 30.6 Å². The van der Waals surface area contributed by atoms with Gasteiger partial charge >= 0.3 is 5.97 Å². The van der Waals surface area contributed by atoms with E-state index in [0.29, 0.717) is 5.56 Å². The van der Waals surface area contributed by atoms with Crippen LogP contribution in [0.15, 0.2) is 30.3 Å². The van der Waals surface area contributed by atoms with Crippen LogP contribution in [0.2, 0.25) is 0 Å². The minimum absolute atomic E-state index is 0.113. The van der Waals surface area contributed by atoms with E-state index in [2.05, 4.69) is 0 Å². The highest BCUT2D eigenvalue weighted by Gasteiger charge is 2.46. The fourth-order valence-electron chi connectivity index (χ4n) is 2.20. The Bertz CT molecular complexity index is 434. The standard InChI is InChI=1S/C14H16O3/c1-14(2)8-11(12(14)15)9-17-13(16)10-6-4-3-5-7-10/h3-7,11H,8-9H2,1-2H3/t11-/m0/s1. The number of hydrogen-bond acceptors (Lipinski definition) is 3. The number of ether oxygens (including phenoxy) is 1. The topological polar surface area (TPSA) is 43.4 Å². The van der Waals surface area contributed by atoms with Gasteiger partial charge in [-0.25, -0.2) is 4.79 Å². The van der Waals surface area contributed by atoms with Crippen molar-refractivity contribution in [3.05, 3.63) is 35.9 Å². The van der Waals surface area contributed by atoms with Gasteiger partial charge in [-0.3, -0.25) is 4.79 Å². The number of hydrogen-bond donors (Lipinski definition) is 0. The predicted octanol–water partition coefficient (Wildman–Crippen LogP) is 2.46. The molecule has 0 heterocycles. The minimum Gasteiger partial charge on any atom is -0.461 e. The lowest BCUT2D eigenvalue weighted by Gasteiger charge is -2.39. The van der Waals surface area contributed by atoms with Crippen molar-refractivity contribution in [1.82, 2.24) is 0 Å². The highest BCUT2D eigenvalue weighted by Crippen LogP contribution is 2.40. The molecule has 3 nitrogen and oxygen atoms in total. The molecule has 1 fully saturated rings. The minimum atomic E-state index is -0.358. The second-order valence-electron chi connectivity index (χ2n) is 5.11. The lowest BCUT2D eigenvalue weighted by Crippen LogP contribution is -2.46. The summed E-state index contributed by atoms with van der Waals surface area (Å²) < 4.78 is 5.14. The van der Waals surface area contributed by atoms with E-state index in [1.807, 2.05) is 19.9 Å². The van der Waals surface area contributed by atoms with Gasteiger partial charge in [-0.15, -0.1) is 0 Å². The van der Waals surface area contributed by atoms with Crippen LogP contribution in [0.25, 0.3) is 0 Å². The maximum atomic E-state index is 11.6. The number of benzene rings is 1. The van der Waals surface area contributed by atoms with Gasteiger partial charge in [0.15, 0.2) is 0 Å². The molecular weight excluding hydrogens is 216 g/mol. The van der Waals surface area contributed by atoms with Crippen molar-refractivity contribution < 1.29 is 14.3 Å². The van der Waals surface area contributed by atoms with Gasteiger partial charge in [-0.2, -0.15) is 0 Å². The first-order chi connectivity index (χ1) is 8.00. The molecule has 0 spiro atoms. The van der Waals surface area contributed by atoms with Crippen LogP contribution in [-0.4, -0.2) is 18.4 Å². The summed E-state index contributed by atoms with van der Waals surface area (Å²) >= 11 is 0. The smallest absolute Gasteiger partial charge is 0.338 e. The van der Waals surface area contributed by atoms with Crippen LogP contribution in [0, 0.1) is 11.3 Å². The molecule has 1 aliphatic rings. The fraction of sp³-hybridized carbons (Fsp3) is 0.429. The molecular formula is C14H16O3. The van der Waals surface area contributed by atoms with Crippen molar-refractivity contribution in [1.29, 1.82) is 0 Å². The maximum absolute atomic E-state index is 11.6. The van der Waals surface area contributed by atoms with Crippen LogP contribution in [0.5, 0.6) is 0 Å². The van der Waals surface area contributed by atoms with Gasteiger partial charge in [0.2, 0.25) is 0 Å². The summed E-state index contributed by atoms with van der Waals surface area (Å²) in [5, 5.41) is 0. The summed E-state index contributed by atoms with van der Waals surface area (Å²) in [5.41, 5.74) is 0.294.